The van der Waals surface area contributed by atoms with Crippen molar-refractivity contribution >= 4 is 34.9 Å². The summed E-state index contributed by atoms with van der Waals surface area (Å²) in [4.78, 5) is 12.7. The van der Waals surface area contributed by atoms with Crippen molar-refractivity contribution in [2.75, 3.05) is 5.32 Å². The fourth-order valence-corrected chi connectivity index (χ4v) is 3.47. The largest absolute Gasteiger partial charge is 0.489 e. The summed E-state index contributed by atoms with van der Waals surface area (Å²) >= 11 is 12.2. The highest BCUT2D eigenvalue weighted by Crippen LogP contribution is 2.22. The second-order valence-electron chi connectivity index (χ2n) is 7.05. The molecule has 0 atom stereocenters. The van der Waals surface area contributed by atoms with Crippen LogP contribution in [0.1, 0.15) is 21.5 Å². The molecule has 0 spiro atoms. The van der Waals surface area contributed by atoms with Crippen LogP contribution >= 0.6 is 23.2 Å². The van der Waals surface area contributed by atoms with Gasteiger partial charge in [0, 0.05) is 16.8 Å². The molecule has 32 heavy (non-hydrogen) atoms. The van der Waals surface area contributed by atoms with E-state index in [1.54, 1.807) is 59.4 Å². The number of ether oxygens (including phenoxy) is 1. The first-order valence-corrected chi connectivity index (χ1v) is 10.5. The molecule has 0 aliphatic carbocycles. The van der Waals surface area contributed by atoms with E-state index in [9.17, 15) is 9.18 Å². The highest BCUT2D eigenvalue weighted by Gasteiger charge is 2.13. The van der Waals surface area contributed by atoms with Crippen LogP contribution in [-0.4, -0.2) is 15.7 Å². The second-order valence-corrected chi connectivity index (χ2v) is 7.90. The van der Waals surface area contributed by atoms with E-state index in [4.69, 9.17) is 27.9 Å². The van der Waals surface area contributed by atoms with E-state index in [2.05, 4.69) is 10.4 Å². The van der Waals surface area contributed by atoms with Gasteiger partial charge in [0.05, 0.1) is 6.54 Å². The molecule has 0 saturated heterocycles. The Morgan fingerprint density at radius 3 is 2.59 bits per heavy atom. The molecule has 1 amide bonds. The molecule has 3 aromatic carbocycles. The molecule has 0 radical (unpaired) electrons. The lowest BCUT2D eigenvalue weighted by atomic mass is 10.1. The molecule has 0 unspecified atom stereocenters. The predicted molar refractivity (Wildman–Crippen MR) is 123 cm³/mol. The first-order chi connectivity index (χ1) is 15.5. The third-order valence-corrected chi connectivity index (χ3v) is 5.09. The number of anilines is 1. The zero-order chi connectivity index (χ0) is 22.5. The van der Waals surface area contributed by atoms with Gasteiger partial charge in [-0.3, -0.25) is 9.48 Å². The SMILES string of the molecule is O=C(Nc1nn(Cc2cccc(F)c2)cc1Cl)c1cccc(COc2cccc(Cl)c2)c1. The summed E-state index contributed by atoms with van der Waals surface area (Å²) in [5.74, 6) is 0.192. The van der Waals surface area contributed by atoms with Gasteiger partial charge in [-0.05, 0) is 53.6 Å². The monoisotopic (exact) mass is 469 g/mol. The number of nitrogens with one attached hydrogen (secondary N) is 1. The topological polar surface area (TPSA) is 56.2 Å². The van der Waals surface area contributed by atoms with Crippen molar-refractivity contribution in [2.45, 2.75) is 13.2 Å². The van der Waals surface area contributed by atoms with Gasteiger partial charge in [-0.25, -0.2) is 4.39 Å². The van der Waals surface area contributed by atoms with Gasteiger partial charge < -0.3 is 10.1 Å². The lowest BCUT2D eigenvalue weighted by molar-refractivity contribution is 0.102. The van der Waals surface area contributed by atoms with Crippen LogP contribution in [0.25, 0.3) is 0 Å². The maximum Gasteiger partial charge on any atom is 0.256 e. The van der Waals surface area contributed by atoms with E-state index < -0.39 is 0 Å². The molecule has 0 fully saturated rings. The summed E-state index contributed by atoms with van der Waals surface area (Å²) in [6, 6.07) is 20.4. The van der Waals surface area contributed by atoms with Crippen LogP contribution in [0.4, 0.5) is 10.2 Å². The molecular weight excluding hydrogens is 452 g/mol. The average molecular weight is 470 g/mol. The molecule has 0 aliphatic heterocycles. The molecule has 0 saturated carbocycles. The average Bonchev–Trinajstić information content (AvgIpc) is 3.11. The smallest absolute Gasteiger partial charge is 0.256 e. The quantitative estimate of drug-likeness (QED) is 0.350. The van der Waals surface area contributed by atoms with Gasteiger partial charge in [-0.2, -0.15) is 5.10 Å². The van der Waals surface area contributed by atoms with E-state index in [1.165, 1.54) is 12.1 Å². The summed E-state index contributed by atoms with van der Waals surface area (Å²) in [6.07, 6.45) is 1.58. The van der Waals surface area contributed by atoms with Crippen molar-refractivity contribution in [3.63, 3.8) is 0 Å². The summed E-state index contributed by atoms with van der Waals surface area (Å²) in [7, 11) is 0. The lowest BCUT2D eigenvalue weighted by Crippen LogP contribution is -2.13. The van der Waals surface area contributed by atoms with Gasteiger partial charge >= 0.3 is 0 Å². The van der Waals surface area contributed by atoms with Crippen LogP contribution in [0, 0.1) is 5.82 Å². The van der Waals surface area contributed by atoms with Crippen molar-refractivity contribution < 1.29 is 13.9 Å². The minimum Gasteiger partial charge on any atom is -0.489 e. The minimum absolute atomic E-state index is 0.230. The Labute approximate surface area is 194 Å². The highest BCUT2D eigenvalue weighted by atomic mass is 35.5. The summed E-state index contributed by atoms with van der Waals surface area (Å²) in [6.45, 7) is 0.605. The van der Waals surface area contributed by atoms with Crippen molar-refractivity contribution in [3.05, 3.63) is 112 Å². The zero-order valence-corrected chi connectivity index (χ0v) is 18.3. The molecule has 1 heterocycles. The van der Waals surface area contributed by atoms with Gasteiger partial charge in [-0.15, -0.1) is 0 Å². The molecular formula is C24H18Cl2FN3O2. The van der Waals surface area contributed by atoms with Crippen molar-refractivity contribution in [1.29, 1.82) is 0 Å². The maximum absolute atomic E-state index is 13.4. The zero-order valence-electron chi connectivity index (χ0n) is 16.8. The maximum atomic E-state index is 13.4. The molecule has 0 bridgehead atoms. The first-order valence-electron chi connectivity index (χ1n) is 9.72. The Morgan fingerprint density at radius 2 is 1.78 bits per heavy atom. The summed E-state index contributed by atoms with van der Waals surface area (Å²) in [5, 5.41) is 7.89. The molecule has 0 aliphatic rings. The third kappa shape index (κ3) is 5.66. The number of aromatic nitrogens is 2. The number of carbonyl (C=O) groups excluding carboxylic acids is 1. The van der Waals surface area contributed by atoms with Crippen molar-refractivity contribution in [3.8, 4) is 5.75 Å². The van der Waals surface area contributed by atoms with Gasteiger partial charge in [0.15, 0.2) is 5.82 Å². The molecule has 8 heteroatoms. The van der Waals surface area contributed by atoms with Crippen LogP contribution in [0.5, 0.6) is 5.75 Å². The predicted octanol–water partition coefficient (Wildman–Crippen LogP) is 6.21. The van der Waals surface area contributed by atoms with Crippen LogP contribution in [0.2, 0.25) is 10.0 Å². The molecule has 162 valence electrons. The Bertz CT molecular complexity index is 1260. The Kier molecular flexibility index (Phi) is 6.73. The molecule has 5 nitrogen and oxygen atoms in total. The van der Waals surface area contributed by atoms with E-state index >= 15 is 0 Å². The number of halogens is 3. The van der Waals surface area contributed by atoms with Crippen molar-refractivity contribution in [2.24, 2.45) is 0 Å². The van der Waals surface area contributed by atoms with E-state index in [1.807, 2.05) is 12.1 Å². The summed E-state index contributed by atoms with van der Waals surface area (Å²) in [5.41, 5.74) is 1.99. The lowest BCUT2D eigenvalue weighted by Gasteiger charge is -2.08. The van der Waals surface area contributed by atoms with Crippen LogP contribution in [-0.2, 0) is 13.2 Å². The van der Waals surface area contributed by atoms with E-state index in [-0.39, 0.29) is 29.2 Å². The second kappa shape index (κ2) is 9.85. The highest BCUT2D eigenvalue weighted by molar-refractivity contribution is 6.33. The number of hydrogen-bond donors (Lipinski definition) is 1. The minimum atomic E-state index is -0.354. The van der Waals surface area contributed by atoms with E-state index in [0.717, 1.165) is 11.1 Å². The summed E-state index contributed by atoms with van der Waals surface area (Å²) < 4.78 is 20.7. The van der Waals surface area contributed by atoms with Gasteiger partial charge in [0.25, 0.3) is 5.91 Å². The fraction of sp³-hybridized carbons (Fsp3) is 0.0833. The normalized spacial score (nSPS) is 10.7. The Morgan fingerprint density at radius 1 is 1.00 bits per heavy atom. The van der Waals surface area contributed by atoms with Gasteiger partial charge in [-0.1, -0.05) is 53.5 Å². The number of hydrogen-bond acceptors (Lipinski definition) is 3. The van der Waals surface area contributed by atoms with E-state index in [0.29, 0.717) is 22.9 Å². The number of carbonyl (C=O) groups is 1. The molecule has 4 rings (SSSR count). The van der Waals surface area contributed by atoms with Crippen molar-refractivity contribution in [1.82, 2.24) is 9.78 Å². The van der Waals surface area contributed by atoms with Crippen LogP contribution < -0.4 is 10.1 Å². The number of benzene rings is 3. The van der Waals surface area contributed by atoms with Crippen LogP contribution in [0.15, 0.2) is 79.0 Å². The number of amides is 1. The van der Waals surface area contributed by atoms with Gasteiger partial charge in [0.2, 0.25) is 0 Å². The van der Waals surface area contributed by atoms with Gasteiger partial charge in [0.1, 0.15) is 23.2 Å². The number of rotatable bonds is 7. The first kappa shape index (κ1) is 21.9. The molecule has 1 aromatic heterocycles. The number of nitrogens with zero attached hydrogens (tertiary/aromatic N) is 2. The Balaban J connectivity index is 1.41. The fourth-order valence-electron chi connectivity index (χ4n) is 3.09. The van der Waals surface area contributed by atoms with Crippen LogP contribution in [0.3, 0.4) is 0 Å². The molecule has 1 N–H and O–H groups in total. The third-order valence-electron chi connectivity index (χ3n) is 4.57. The standard InChI is InChI=1S/C24H18Cl2FN3O2/c25-19-7-3-9-21(12-19)32-15-17-5-1-6-18(10-17)24(31)28-23-22(26)14-30(29-23)13-16-4-2-8-20(27)11-16/h1-12,14H,13,15H2,(H,28,29,31). The molecule has 4 aromatic rings. The Hall–Kier alpha value is -3.35.